The number of pyridine rings is 2. The summed E-state index contributed by atoms with van der Waals surface area (Å²) >= 11 is 0. The molecule has 25 heteroatoms. The molecule has 0 aliphatic rings. The van der Waals surface area contributed by atoms with Gasteiger partial charge in [-0.3, -0.25) is 20.0 Å². The van der Waals surface area contributed by atoms with E-state index in [1.54, 1.807) is 28.4 Å². The Labute approximate surface area is 411 Å². The van der Waals surface area contributed by atoms with E-state index in [1.807, 2.05) is 161 Å². The van der Waals surface area contributed by atoms with Crippen LogP contribution in [0.25, 0.3) is 0 Å². The van der Waals surface area contributed by atoms with Crippen molar-refractivity contribution in [3.8, 4) is 23.0 Å². The first kappa shape index (κ1) is 60.7. The number of aromatic nitrogens is 2. The molecule has 0 saturated carbocycles. The molecule has 0 saturated heterocycles. The summed E-state index contributed by atoms with van der Waals surface area (Å²) in [6, 6.07) is 42.2. The minimum Gasteiger partial charge on any atom is 2.00 e. The second kappa shape index (κ2) is 23.2. The van der Waals surface area contributed by atoms with Gasteiger partial charge in [-0.05, 0) is 149 Å². The summed E-state index contributed by atoms with van der Waals surface area (Å²) < 4.78 is 139. The predicted molar refractivity (Wildman–Crippen MR) is 255 cm³/mol. The fourth-order valence-electron chi connectivity index (χ4n) is 5.31. The van der Waals surface area contributed by atoms with Crippen molar-refractivity contribution in [3.05, 3.63) is 156 Å². The van der Waals surface area contributed by atoms with Crippen LogP contribution < -0.4 is 18.9 Å². The number of ether oxygens (including phenoxy) is 4. The zero-order valence-electron chi connectivity index (χ0n) is 38.8. The fraction of sp³-hybridized carbons (Fsp3) is 0.174. The number of aliphatic imine (C=N–C) groups is 4. The van der Waals surface area contributed by atoms with E-state index in [9.17, 15) is 50.4 Å². The normalized spacial score (nSPS) is 14.0. The summed E-state index contributed by atoms with van der Waals surface area (Å²) in [5.41, 5.74) is 10.0. The Morgan fingerprint density at radius 2 is 0.479 bits per heavy atom. The van der Waals surface area contributed by atoms with Crippen LogP contribution in [0.15, 0.2) is 153 Å². The van der Waals surface area contributed by atoms with Crippen LogP contribution in [0, 0.1) is 0 Å². The monoisotopic (exact) mass is 1090 g/mol. The van der Waals surface area contributed by atoms with Crippen molar-refractivity contribution in [2.24, 2.45) is 20.0 Å². The van der Waals surface area contributed by atoms with Gasteiger partial charge in [-0.25, -0.2) is 9.97 Å². The van der Waals surface area contributed by atoms with Gasteiger partial charge in [0.15, 0.2) is 0 Å². The molecule has 2 aromatic heterocycles. The first-order valence-corrected chi connectivity index (χ1v) is 24.0. The molecule has 0 N–H and O–H groups in total. The van der Waals surface area contributed by atoms with Crippen LogP contribution in [-0.4, -0.2) is 61.3 Å². The Balaban J connectivity index is 0.000000380. The van der Waals surface area contributed by atoms with Crippen LogP contribution >= 0.6 is 15.6 Å². The van der Waals surface area contributed by atoms with Crippen molar-refractivity contribution >= 4 is 61.2 Å². The zero-order chi connectivity index (χ0) is 52.7. The molecule has 0 atom stereocenters. The number of rotatable bonds is 12. The number of nitrogens with zero attached hydrogens (tertiary/aromatic N) is 6. The van der Waals surface area contributed by atoms with Gasteiger partial charge in [0.25, 0.3) is 0 Å². The van der Waals surface area contributed by atoms with Crippen molar-refractivity contribution in [2.75, 3.05) is 28.4 Å². The third-order valence-electron chi connectivity index (χ3n) is 8.46. The fourth-order valence-corrected chi connectivity index (χ4v) is 5.31. The Kier molecular flexibility index (Phi) is 19.9. The smallest absolute Gasteiger partial charge is 2.00 e. The van der Waals surface area contributed by atoms with Gasteiger partial charge in [-0.15, -0.1) is 0 Å². The van der Waals surface area contributed by atoms with Gasteiger partial charge in [-0.1, -0.05) is 12.1 Å². The molecule has 1 radical (unpaired) electrons. The van der Waals surface area contributed by atoms with E-state index >= 15 is 0 Å². The molecule has 0 spiro atoms. The van der Waals surface area contributed by atoms with Crippen molar-refractivity contribution in [3.63, 3.8) is 0 Å². The number of benzene rings is 4. The van der Waals surface area contributed by atoms with Crippen molar-refractivity contribution < 1.29 is 86.4 Å². The SMILES string of the molecule is COc1ccc(N=C(C)c2cccc(C(C)=Nc3ccc(OC)cc3)n2)cc1.COc1ccc(N=C(C)c2cccc(C(C)=Nc3ccc(OC)cc3)n2)cc1.F[P-](F)(F)(F)(F)F.F[P-](F)(F)(F)(F)F.[Mn+2]. The van der Waals surface area contributed by atoms with Crippen LogP contribution in [0.4, 0.5) is 73.1 Å². The molecular formula is C46H46F12MnN6O4P2. The van der Waals surface area contributed by atoms with E-state index in [0.717, 1.165) is 91.4 Å². The number of halogens is 12. The standard InChI is InChI=1S/2C23H23N3O2.2F6P.Mn/c2*1-16(24-18-8-12-20(27-3)13-9-18)22-6-5-7-23(26-22)17(2)25-19-10-14-21(28-4)15-11-19;2*1-7(2,3,4,5)6;/h2*5-15H,1-4H3;;;/q;;2*-1;+2. The average Bonchev–Trinajstić information content (AvgIpc) is 3.28. The third kappa shape index (κ3) is 27.5. The predicted octanol–water partition coefficient (Wildman–Crippen LogP) is 17.5. The van der Waals surface area contributed by atoms with E-state index in [-0.39, 0.29) is 17.1 Å². The van der Waals surface area contributed by atoms with E-state index in [4.69, 9.17) is 28.9 Å². The molecule has 2 heterocycles. The first-order valence-electron chi connectivity index (χ1n) is 19.9. The molecule has 6 rings (SSSR count). The molecule has 4 aromatic carbocycles. The Hall–Kier alpha value is -6.40. The van der Waals surface area contributed by atoms with Crippen LogP contribution in [0.1, 0.15) is 50.5 Å². The van der Waals surface area contributed by atoms with Gasteiger partial charge in [0.05, 0.1) is 96.8 Å². The maximum Gasteiger partial charge on any atom is 2.00 e. The van der Waals surface area contributed by atoms with E-state index in [0.29, 0.717) is 0 Å². The Bertz CT molecular complexity index is 2450. The van der Waals surface area contributed by atoms with Gasteiger partial charge in [0.1, 0.15) is 23.0 Å². The molecular weight excluding hydrogens is 1050 g/mol. The summed E-state index contributed by atoms with van der Waals surface area (Å²) in [7, 11) is -14.7. The van der Waals surface area contributed by atoms with Crippen LogP contribution in [-0.2, 0) is 17.1 Å². The maximum atomic E-state index is 9.87. The summed E-state index contributed by atoms with van der Waals surface area (Å²) in [6.45, 7) is 7.80. The van der Waals surface area contributed by atoms with Crippen LogP contribution in [0.5, 0.6) is 23.0 Å². The Morgan fingerprint density at radius 3 is 0.620 bits per heavy atom. The summed E-state index contributed by atoms with van der Waals surface area (Å²) in [5, 5.41) is 0. The van der Waals surface area contributed by atoms with Gasteiger partial charge >= 0.3 is 83.0 Å². The van der Waals surface area contributed by atoms with Crippen molar-refractivity contribution in [1.29, 1.82) is 0 Å². The summed E-state index contributed by atoms with van der Waals surface area (Å²) in [5.74, 6) is 3.23. The molecule has 0 fully saturated rings. The van der Waals surface area contributed by atoms with Gasteiger partial charge in [-0.2, -0.15) is 0 Å². The topological polar surface area (TPSA) is 112 Å². The van der Waals surface area contributed by atoms with Gasteiger partial charge < -0.3 is 18.9 Å². The first-order chi connectivity index (χ1) is 32.1. The van der Waals surface area contributed by atoms with Gasteiger partial charge in [0, 0.05) is 0 Å². The molecule has 0 aliphatic heterocycles. The molecule has 71 heavy (non-hydrogen) atoms. The van der Waals surface area contributed by atoms with Crippen LogP contribution in [0.2, 0.25) is 0 Å². The third-order valence-corrected chi connectivity index (χ3v) is 8.46. The minimum absolute atomic E-state index is 0. The number of methoxy groups -OCH3 is 4. The molecule has 0 unspecified atom stereocenters. The number of hydrogen-bond acceptors (Lipinski definition) is 10. The largest absolute Gasteiger partial charge is 2.00 e. The van der Waals surface area contributed by atoms with Crippen molar-refractivity contribution in [2.45, 2.75) is 27.7 Å². The Morgan fingerprint density at radius 1 is 0.324 bits per heavy atom. The van der Waals surface area contributed by atoms with E-state index in [1.165, 1.54) is 0 Å². The van der Waals surface area contributed by atoms with E-state index in [2.05, 4.69) is 20.0 Å². The number of hydrogen-bond donors (Lipinski definition) is 0. The molecule has 0 bridgehead atoms. The minimum atomic E-state index is -10.7. The molecule has 6 aromatic rings. The maximum absolute atomic E-state index is 10.7. The second-order valence-corrected chi connectivity index (χ2v) is 18.1. The molecule has 385 valence electrons. The summed E-state index contributed by atoms with van der Waals surface area (Å²) in [6.07, 6.45) is 0. The molecule has 0 amide bonds. The molecule has 0 aliphatic carbocycles. The van der Waals surface area contributed by atoms with Gasteiger partial charge in [0.2, 0.25) is 0 Å². The second-order valence-electron chi connectivity index (χ2n) is 14.3. The summed E-state index contributed by atoms with van der Waals surface area (Å²) in [4.78, 5) is 28.1. The molecule has 10 nitrogen and oxygen atoms in total. The zero-order valence-corrected chi connectivity index (χ0v) is 41.8. The van der Waals surface area contributed by atoms with Crippen molar-refractivity contribution in [1.82, 2.24) is 9.97 Å². The van der Waals surface area contributed by atoms with Crippen LogP contribution in [0.3, 0.4) is 0 Å². The quantitative estimate of drug-likeness (QED) is 0.0522. The van der Waals surface area contributed by atoms with E-state index < -0.39 is 15.6 Å². The average molecular weight is 1090 g/mol.